The molecule has 2 heterocycles. The molecular formula is C23H25N3. The van der Waals surface area contributed by atoms with Crippen LogP contribution in [0.3, 0.4) is 0 Å². The van der Waals surface area contributed by atoms with Crippen molar-refractivity contribution in [3.8, 4) is 0 Å². The van der Waals surface area contributed by atoms with Crippen molar-refractivity contribution in [3.63, 3.8) is 0 Å². The molecule has 132 valence electrons. The summed E-state index contributed by atoms with van der Waals surface area (Å²) in [6.07, 6.45) is 5.23. The molecule has 1 aliphatic rings. The van der Waals surface area contributed by atoms with Gasteiger partial charge in [-0.15, -0.1) is 0 Å². The number of nitrogens with zero attached hydrogens (tertiary/aromatic N) is 3. The van der Waals surface area contributed by atoms with E-state index in [0.717, 1.165) is 42.8 Å². The molecule has 0 spiro atoms. The van der Waals surface area contributed by atoms with Crippen molar-refractivity contribution in [2.75, 3.05) is 13.1 Å². The van der Waals surface area contributed by atoms with Crippen LogP contribution in [-0.4, -0.2) is 28.0 Å². The van der Waals surface area contributed by atoms with Crippen molar-refractivity contribution in [2.45, 2.75) is 26.8 Å². The van der Waals surface area contributed by atoms with Crippen LogP contribution in [0.4, 0.5) is 0 Å². The van der Waals surface area contributed by atoms with Gasteiger partial charge in [0.1, 0.15) is 0 Å². The second kappa shape index (κ2) is 7.00. The van der Waals surface area contributed by atoms with Crippen LogP contribution in [0.1, 0.15) is 31.5 Å². The first-order valence-electron chi connectivity index (χ1n) is 9.25. The Bertz CT molecular complexity index is 928. The summed E-state index contributed by atoms with van der Waals surface area (Å²) in [7, 11) is 0. The summed E-state index contributed by atoms with van der Waals surface area (Å²) in [5.74, 6) is 0. The minimum absolute atomic E-state index is 0.267. The standard InChI is InChI=1S/C23H25N3/c1-23(2)13-19(16-26(17-23)15-18-8-4-3-5-9-18)12-20-14-24-21-10-6-7-11-22(21)25-20/h3-12,14H,13,15-17H2,1-2H3. The number of benzene rings is 2. The largest absolute Gasteiger partial charge is 0.295 e. The van der Waals surface area contributed by atoms with E-state index >= 15 is 0 Å². The minimum atomic E-state index is 0.267. The van der Waals surface area contributed by atoms with Gasteiger partial charge in [-0.2, -0.15) is 0 Å². The van der Waals surface area contributed by atoms with Crippen LogP contribution in [0.2, 0.25) is 0 Å². The van der Waals surface area contributed by atoms with E-state index in [-0.39, 0.29) is 5.41 Å². The van der Waals surface area contributed by atoms with Gasteiger partial charge in [-0.05, 0) is 35.6 Å². The zero-order valence-corrected chi connectivity index (χ0v) is 15.5. The van der Waals surface area contributed by atoms with Gasteiger partial charge in [0.05, 0.1) is 22.9 Å². The second-order valence-electron chi connectivity index (χ2n) is 8.06. The highest BCUT2D eigenvalue weighted by molar-refractivity contribution is 5.74. The third-order valence-electron chi connectivity index (χ3n) is 4.85. The average molecular weight is 343 g/mol. The van der Waals surface area contributed by atoms with Crippen molar-refractivity contribution in [2.24, 2.45) is 5.41 Å². The third-order valence-corrected chi connectivity index (χ3v) is 4.85. The molecule has 1 saturated heterocycles. The van der Waals surface area contributed by atoms with Crippen molar-refractivity contribution >= 4 is 17.1 Å². The van der Waals surface area contributed by atoms with Gasteiger partial charge in [0.2, 0.25) is 0 Å². The molecule has 0 radical (unpaired) electrons. The highest BCUT2D eigenvalue weighted by Crippen LogP contribution is 2.33. The first-order valence-corrected chi connectivity index (χ1v) is 9.25. The number of hydrogen-bond donors (Lipinski definition) is 0. The number of para-hydroxylation sites is 2. The Kier molecular flexibility index (Phi) is 4.56. The highest BCUT2D eigenvalue weighted by Gasteiger charge is 2.29. The molecule has 1 aliphatic heterocycles. The maximum Gasteiger partial charge on any atom is 0.0894 e. The van der Waals surface area contributed by atoms with E-state index in [2.05, 4.69) is 60.1 Å². The maximum absolute atomic E-state index is 4.77. The van der Waals surface area contributed by atoms with E-state index in [1.807, 2.05) is 30.5 Å². The summed E-state index contributed by atoms with van der Waals surface area (Å²) < 4.78 is 0. The number of hydrogen-bond acceptors (Lipinski definition) is 3. The predicted molar refractivity (Wildman–Crippen MR) is 108 cm³/mol. The van der Waals surface area contributed by atoms with Crippen LogP contribution in [0.5, 0.6) is 0 Å². The Morgan fingerprint density at radius 2 is 1.73 bits per heavy atom. The molecule has 2 aromatic carbocycles. The molecule has 3 nitrogen and oxygen atoms in total. The summed E-state index contributed by atoms with van der Waals surface area (Å²) in [6, 6.07) is 18.8. The van der Waals surface area contributed by atoms with Crippen LogP contribution in [0.15, 0.2) is 66.4 Å². The number of fused-ring (bicyclic) bond motifs is 1. The second-order valence-corrected chi connectivity index (χ2v) is 8.06. The molecule has 0 saturated carbocycles. The fourth-order valence-corrected chi connectivity index (χ4v) is 3.98. The smallest absolute Gasteiger partial charge is 0.0894 e. The van der Waals surface area contributed by atoms with Gasteiger partial charge >= 0.3 is 0 Å². The van der Waals surface area contributed by atoms with Crippen molar-refractivity contribution < 1.29 is 0 Å². The zero-order chi connectivity index (χ0) is 18.0. The third kappa shape index (κ3) is 4.00. The molecule has 3 aromatic rings. The molecule has 0 aliphatic carbocycles. The fourth-order valence-electron chi connectivity index (χ4n) is 3.98. The molecule has 0 N–H and O–H groups in total. The summed E-state index contributed by atoms with van der Waals surface area (Å²) in [4.78, 5) is 11.9. The predicted octanol–water partition coefficient (Wildman–Crippen LogP) is 4.95. The summed E-state index contributed by atoms with van der Waals surface area (Å²) in [6.45, 7) is 7.80. The Labute approximate surface area is 155 Å². The Balaban J connectivity index is 1.58. The van der Waals surface area contributed by atoms with E-state index in [1.165, 1.54) is 11.1 Å². The molecule has 1 fully saturated rings. The summed E-state index contributed by atoms with van der Waals surface area (Å²) in [5.41, 5.74) is 5.93. The lowest BCUT2D eigenvalue weighted by atomic mass is 9.81. The van der Waals surface area contributed by atoms with Crippen LogP contribution in [0, 0.1) is 5.41 Å². The number of likely N-dealkylation sites (tertiary alicyclic amines) is 1. The SMILES string of the molecule is CC1(C)CC(=Cc2cnc3ccccc3n2)CN(Cc2ccccc2)C1. The van der Waals surface area contributed by atoms with Gasteiger partial charge in [-0.25, -0.2) is 4.98 Å². The van der Waals surface area contributed by atoms with Crippen molar-refractivity contribution in [1.82, 2.24) is 14.9 Å². The topological polar surface area (TPSA) is 29.0 Å². The number of piperidine rings is 1. The Morgan fingerprint density at radius 1 is 1.00 bits per heavy atom. The summed E-state index contributed by atoms with van der Waals surface area (Å²) in [5, 5.41) is 0. The number of rotatable bonds is 3. The monoisotopic (exact) mass is 343 g/mol. The molecule has 26 heavy (non-hydrogen) atoms. The van der Waals surface area contributed by atoms with Crippen molar-refractivity contribution in [3.05, 3.63) is 77.6 Å². The molecule has 0 atom stereocenters. The van der Waals surface area contributed by atoms with Gasteiger partial charge in [-0.1, -0.05) is 61.9 Å². The Morgan fingerprint density at radius 3 is 2.54 bits per heavy atom. The van der Waals surface area contributed by atoms with Gasteiger partial charge in [0, 0.05) is 19.6 Å². The molecule has 1 aromatic heterocycles. The lowest BCUT2D eigenvalue weighted by molar-refractivity contribution is 0.147. The van der Waals surface area contributed by atoms with Gasteiger partial charge < -0.3 is 0 Å². The van der Waals surface area contributed by atoms with Gasteiger partial charge in [0.25, 0.3) is 0 Å². The Hall–Kier alpha value is -2.52. The molecule has 4 rings (SSSR count). The fraction of sp³-hybridized carbons (Fsp3) is 0.304. The van der Waals surface area contributed by atoms with E-state index in [0.29, 0.717) is 0 Å². The van der Waals surface area contributed by atoms with E-state index in [4.69, 9.17) is 4.98 Å². The lowest BCUT2D eigenvalue weighted by Gasteiger charge is -2.39. The molecule has 0 unspecified atom stereocenters. The van der Waals surface area contributed by atoms with Crippen molar-refractivity contribution in [1.29, 1.82) is 0 Å². The van der Waals surface area contributed by atoms with E-state index < -0.39 is 0 Å². The van der Waals surface area contributed by atoms with E-state index in [9.17, 15) is 0 Å². The molecule has 3 heteroatoms. The quantitative estimate of drug-likeness (QED) is 0.674. The zero-order valence-electron chi connectivity index (χ0n) is 15.5. The molecule has 0 bridgehead atoms. The molecule has 0 amide bonds. The van der Waals surface area contributed by atoms with Gasteiger partial charge in [-0.3, -0.25) is 9.88 Å². The van der Waals surface area contributed by atoms with Crippen LogP contribution in [-0.2, 0) is 6.54 Å². The van der Waals surface area contributed by atoms with Crippen LogP contribution in [0.25, 0.3) is 17.1 Å². The minimum Gasteiger partial charge on any atom is -0.295 e. The molecular weight excluding hydrogens is 318 g/mol. The van der Waals surface area contributed by atoms with Crippen LogP contribution >= 0.6 is 0 Å². The first-order chi connectivity index (χ1) is 12.6. The summed E-state index contributed by atoms with van der Waals surface area (Å²) >= 11 is 0. The highest BCUT2D eigenvalue weighted by atomic mass is 15.1. The average Bonchev–Trinajstić information content (AvgIpc) is 2.61. The normalized spacial score (nSPS) is 19.1. The number of aromatic nitrogens is 2. The lowest BCUT2D eigenvalue weighted by Crippen LogP contribution is -2.40. The van der Waals surface area contributed by atoms with Crippen LogP contribution < -0.4 is 0 Å². The van der Waals surface area contributed by atoms with E-state index in [1.54, 1.807) is 0 Å². The van der Waals surface area contributed by atoms with Gasteiger partial charge in [0.15, 0.2) is 0 Å². The maximum atomic E-state index is 4.77. The first kappa shape index (κ1) is 16.9.